The van der Waals surface area contributed by atoms with Gasteiger partial charge in [-0.25, -0.2) is 9.97 Å². The molecule has 1 aliphatic rings. The van der Waals surface area contributed by atoms with Gasteiger partial charge in [0.25, 0.3) is 0 Å². The number of nitrogens with zero attached hydrogens (tertiary/aromatic N) is 2. The van der Waals surface area contributed by atoms with Crippen LogP contribution in [0.3, 0.4) is 0 Å². The number of hydrogen-bond donors (Lipinski definition) is 1. The highest BCUT2D eigenvalue weighted by Gasteiger charge is 2.27. The summed E-state index contributed by atoms with van der Waals surface area (Å²) in [5, 5.41) is 0.925. The molecule has 5 rings (SSSR count). The van der Waals surface area contributed by atoms with Crippen molar-refractivity contribution in [1.82, 2.24) is 9.97 Å². The summed E-state index contributed by atoms with van der Waals surface area (Å²) < 4.78 is 5.92. The fraction of sp³-hybridized carbons (Fsp3) is 0.200. The third-order valence-electron chi connectivity index (χ3n) is 4.52. The topological polar surface area (TPSA) is 64.9 Å². The highest BCUT2D eigenvalue weighted by molar-refractivity contribution is 7.18. The predicted octanol–water partition coefficient (Wildman–Crippen LogP) is 5.42. The van der Waals surface area contributed by atoms with Crippen LogP contribution in [0.4, 0.5) is 5.82 Å². The summed E-state index contributed by atoms with van der Waals surface area (Å²) in [6.45, 7) is 0. The van der Waals surface area contributed by atoms with Crippen LogP contribution in [-0.4, -0.2) is 9.97 Å². The maximum atomic E-state index is 6.19. The maximum Gasteiger partial charge on any atom is 0.199 e. The van der Waals surface area contributed by atoms with Gasteiger partial charge in [-0.3, -0.25) is 0 Å². The van der Waals surface area contributed by atoms with Gasteiger partial charge in [-0.1, -0.05) is 30.3 Å². The molecule has 1 saturated carbocycles. The van der Waals surface area contributed by atoms with Crippen LogP contribution in [0.1, 0.15) is 35.0 Å². The van der Waals surface area contributed by atoms with E-state index in [1.54, 1.807) is 11.3 Å². The average molecular weight is 384 g/mol. The number of benzene rings is 1. The van der Waals surface area contributed by atoms with Crippen molar-refractivity contribution in [1.29, 1.82) is 0 Å². The molecule has 3 heterocycles. The minimum atomic E-state index is 0. The van der Waals surface area contributed by atoms with Crippen LogP contribution in [0.25, 0.3) is 21.8 Å². The molecule has 3 aromatic heterocycles. The molecule has 0 saturated heterocycles. The highest BCUT2D eigenvalue weighted by Crippen LogP contribution is 2.42. The molecule has 0 unspecified atom stereocenters. The molecule has 0 bridgehead atoms. The summed E-state index contributed by atoms with van der Waals surface area (Å²) in [5.41, 5.74) is 7.47. The number of aromatic nitrogens is 2. The van der Waals surface area contributed by atoms with E-state index >= 15 is 0 Å². The van der Waals surface area contributed by atoms with Gasteiger partial charge in [-0.05, 0) is 36.6 Å². The Bertz CT molecular complexity index is 1050. The molecular weight excluding hydrogens is 366 g/mol. The number of hydrogen-bond acceptors (Lipinski definition) is 5. The molecule has 6 heteroatoms. The normalized spacial score (nSPS) is 13.7. The van der Waals surface area contributed by atoms with E-state index in [2.05, 4.69) is 35.3 Å². The first-order chi connectivity index (χ1) is 12.3. The number of furan rings is 1. The fourth-order valence-corrected chi connectivity index (χ4v) is 4.12. The van der Waals surface area contributed by atoms with Crippen molar-refractivity contribution in [2.24, 2.45) is 0 Å². The molecule has 1 aliphatic carbocycles. The van der Waals surface area contributed by atoms with E-state index in [1.165, 1.54) is 23.3 Å². The third kappa shape index (κ3) is 3.20. The van der Waals surface area contributed by atoms with Gasteiger partial charge < -0.3 is 10.2 Å². The Morgan fingerprint density at radius 2 is 1.88 bits per heavy atom. The lowest BCUT2D eigenvalue weighted by Crippen LogP contribution is -1.95. The van der Waals surface area contributed by atoms with Crippen LogP contribution in [-0.2, 0) is 6.42 Å². The number of rotatable bonds is 4. The van der Waals surface area contributed by atoms with Crippen molar-refractivity contribution in [2.45, 2.75) is 25.2 Å². The van der Waals surface area contributed by atoms with Crippen molar-refractivity contribution in [3.8, 4) is 11.6 Å². The van der Waals surface area contributed by atoms with E-state index in [0.717, 1.165) is 22.4 Å². The summed E-state index contributed by atoms with van der Waals surface area (Å²) in [5.74, 6) is 3.40. The van der Waals surface area contributed by atoms with Gasteiger partial charge in [0.2, 0.25) is 0 Å². The molecular formula is C20H18ClN3OS. The zero-order chi connectivity index (χ0) is 16.8. The Morgan fingerprint density at radius 1 is 1.08 bits per heavy atom. The Morgan fingerprint density at radius 3 is 2.65 bits per heavy atom. The third-order valence-corrected chi connectivity index (χ3v) is 5.55. The molecule has 26 heavy (non-hydrogen) atoms. The molecule has 0 radical (unpaired) electrons. The Balaban J connectivity index is 0.00000168. The largest absolute Gasteiger partial charge is 0.457 e. The van der Waals surface area contributed by atoms with Crippen LogP contribution in [0, 0.1) is 0 Å². The van der Waals surface area contributed by atoms with Crippen LogP contribution < -0.4 is 5.73 Å². The second-order valence-electron chi connectivity index (χ2n) is 6.50. The van der Waals surface area contributed by atoms with Crippen molar-refractivity contribution >= 4 is 39.8 Å². The van der Waals surface area contributed by atoms with Gasteiger partial charge in [-0.2, -0.15) is 0 Å². The quantitative estimate of drug-likeness (QED) is 0.510. The summed E-state index contributed by atoms with van der Waals surface area (Å²) >= 11 is 1.67. The summed E-state index contributed by atoms with van der Waals surface area (Å²) in [7, 11) is 0. The van der Waals surface area contributed by atoms with Gasteiger partial charge in [0.05, 0.1) is 5.39 Å². The lowest BCUT2D eigenvalue weighted by atomic mass is 10.1. The van der Waals surface area contributed by atoms with Crippen LogP contribution in [0.2, 0.25) is 0 Å². The smallest absolute Gasteiger partial charge is 0.199 e. The van der Waals surface area contributed by atoms with Crippen LogP contribution in [0.15, 0.2) is 52.9 Å². The molecule has 0 aliphatic heterocycles. The molecule has 0 atom stereocenters. The van der Waals surface area contributed by atoms with E-state index in [-0.39, 0.29) is 12.4 Å². The lowest BCUT2D eigenvalue weighted by Gasteiger charge is -1.99. The molecule has 132 valence electrons. The summed E-state index contributed by atoms with van der Waals surface area (Å²) in [6.07, 6.45) is 3.30. The maximum absolute atomic E-state index is 6.19. The molecule has 1 fully saturated rings. The second kappa shape index (κ2) is 6.74. The summed E-state index contributed by atoms with van der Waals surface area (Å²) in [6, 6.07) is 16.5. The highest BCUT2D eigenvalue weighted by atomic mass is 35.5. The number of nitrogens with two attached hydrogens (primary N) is 1. The molecule has 4 aromatic rings. The molecule has 2 N–H and O–H groups in total. The first-order valence-corrected chi connectivity index (χ1v) is 9.28. The molecule has 0 spiro atoms. The Labute approximate surface area is 161 Å². The zero-order valence-electron chi connectivity index (χ0n) is 14.0. The minimum Gasteiger partial charge on any atom is -0.457 e. The van der Waals surface area contributed by atoms with E-state index < -0.39 is 0 Å². The van der Waals surface area contributed by atoms with Crippen molar-refractivity contribution in [2.75, 3.05) is 5.73 Å². The fourth-order valence-electron chi connectivity index (χ4n) is 3.05. The zero-order valence-corrected chi connectivity index (χ0v) is 15.6. The van der Waals surface area contributed by atoms with Gasteiger partial charge in [0.1, 0.15) is 16.4 Å². The SMILES string of the molecule is Cl.Nc1nc(-c2ccc(C3CC3)o2)nc2sc(Cc3ccccc3)cc12. The Hall–Kier alpha value is -2.37. The van der Waals surface area contributed by atoms with Gasteiger partial charge in [0, 0.05) is 17.2 Å². The van der Waals surface area contributed by atoms with E-state index in [1.807, 2.05) is 18.2 Å². The van der Waals surface area contributed by atoms with Crippen LogP contribution in [0.5, 0.6) is 0 Å². The number of nitrogen functional groups attached to an aromatic ring is 1. The number of thiophene rings is 1. The molecule has 1 aromatic carbocycles. The monoisotopic (exact) mass is 383 g/mol. The van der Waals surface area contributed by atoms with Gasteiger partial charge >= 0.3 is 0 Å². The van der Waals surface area contributed by atoms with E-state index in [4.69, 9.17) is 15.1 Å². The average Bonchev–Trinajstić information content (AvgIpc) is 3.20. The first-order valence-electron chi connectivity index (χ1n) is 8.46. The molecule has 4 nitrogen and oxygen atoms in total. The molecule has 0 amide bonds. The minimum absolute atomic E-state index is 0. The van der Waals surface area contributed by atoms with Crippen molar-refractivity contribution in [3.63, 3.8) is 0 Å². The number of fused-ring (bicyclic) bond motifs is 1. The second-order valence-corrected chi connectivity index (χ2v) is 7.62. The van der Waals surface area contributed by atoms with E-state index in [0.29, 0.717) is 23.3 Å². The Kier molecular flexibility index (Phi) is 4.42. The summed E-state index contributed by atoms with van der Waals surface area (Å²) in [4.78, 5) is 11.3. The standard InChI is InChI=1S/C20H17N3OS.ClH/c21-18-15-11-14(10-12-4-2-1-3-5-12)25-20(15)23-19(22-18)17-9-8-16(24-17)13-6-7-13;/h1-5,8-9,11,13H,6-7,10H2,(H2,21,22,23);1H. The van der Waals surface area contributed by atoms with Gasteiger partial charge in [-0.15, -0.1) is 23.7 Å². The number of anilines is 1. The van der Waals surface area contributed by atoms with Crippen molar-refractivity contribution in [3.05, 3.63) is 64.7 Å². The van der Waals surface area contributed by atoms with Gasteiger partial charge in [0.15, 0.2) is 11.6 Å². The van der Waals surface area contributed by atoms with Crippen LogP contribution >= 0.6 is 23.7 Å². The predicted molar refractivity (Wildman–Crippen MR) is 108 cm³/mol. The number of halogens is 1. The van der Waals surface area contributed by atoms with Crippen molar-refractivity contribution < 1.29 is 4.42 Å². The van der Waals surface area contributed by atoms with E-state index in [9.17, 15) is 0 Å². The lowest BCUT2D eigenvalue weighted by molar-refractivity contribution is 0.522. The first kappa shape index (κ1) is 17.1.